The van der Waals surface area contributed by atoms with E-state index < -0.39 is 0 Å². The predicted molar refractivity (Wildman–Crippen MR) is 76.5 cm³/mol. The molecule has 2 rings (SSSR count). The Morgan fingerprint density at radius 1 is 1.37 bits per heavy atom. The monoisotopic (exact) mass is 264 g/mol. The molecule has 2 unspecified atom stereocenters. The number of likely N-dealkylation sites (N-methyl/N-ethyl adjacent to an activating group) is 1. The minimum atomic E-state index is 0.0662. The second-order valence-electron chi connectivity index (χ2n) is 5.17. The summed E-state index contributed by atoms with van der Waals surface area (Å²) in [5.41, 5.74) is 9.01. The molecule has 0 fully saturated rings. The van der Waals surface area contributed by atoms with Gasteiger partial charge in [-0.3, -0.25) is 4.90 Å². The van der Waals surface area contributed by atoms with Crippen molar-refractivity contribution in [1.29, 1.82) is 0 Å². The van der Waals surface area contributed by atoms with Crippen molar-refractivity contribution < 1.29 is 9.47 Å². The second kappa shape index (κ2) is 6.37. The Morgan fingerprint density at radius 2 is 2.16 bits per heavy atom. The molecule has 19 heavy (non-hydrogen) atoms. The van der Waals surface area contributed by atoms with E-state index in [0.717, 1.165) is 31.7 Å². The first-order valence-corrected chi connectivity index (χ1v) is 6.79. The third kappa shape index (κ3) is 3.08. The van der Waals surface area contributed by atoms with Crippen molar-refractivity contribution in [1.82, 2.24) is 4.90 Å². The van der Waals surface area contributed by atoms with Gasteiger partial charge >= 0.3 is 0 Å². The smallest absolute Gasteiger partial charge is 0.119 e. The highest BCUT2D eigenvalue weighted by Crippen LogP contribution is 2.33. The molecule has 2 N–H and O–H groups in total. The zero-order valence-corrected chi connectivity index (χ0v) is 12.1. The maximum Gasteiger partial charge on any atom is 0.119 e. The highest BCUT2D eigenvalue weighted by atomic mass is 16.5. The van der Waals surface area contributed by atoms with E-state index in [9.17, 15) is 0 Å². The van der Waals surface area contributed by atoms with Crippen LogP contribution in [0, 0.1) is 0 Å². The van der Waals surface area contributed by atoms with Gasteiger partial charge in [0.25, 0.3) is 0 Å². The number of hydrogen-bond acceptors (Lipinski definition) is 4. The molecule has 2 atom stereocenters. The van der Waals surface area contributed by atoms with E-state index in [2.05, 4.69) is 24.1 Å². The van der Waals surface area contributed by atoms with Crippen molar-refractivity contribution in [3.8, 4) is 5.75 Å². The highest BCUT2D eigenvalue weighted by molar-refractivity contribution is 5.40. The SMILES string of the molecule is COCCN(C)C1CCc2cc(OC)ccc2C1N. The second-order valence-corrected chi connectivity index (χ2v) is 5.17. The molecule has 1 aromatic carbocycles. The van der Waals surface area contributed by atoms with Gasteiger partial charge in [0.15, 0.2) is 0 Å². The third-order valence-corrected chi connectivity index (χ3v) is 4.05. The molecule has 0 saturated heterocycles. The van der Waals surface area contributed by atoms with Crippen molar-refractivity contribution in [2.24, 2.45) is 5.73 Å². The number of benzene rings is 1. The number of methoxy groups -OCH3 is 2. The molecule has 0 amide bonds. The third-order valence-electron chi connectivity index (χ3n) is 4.05. The molecule has 0 saturated carbocycles. The Hall–Kier alpha value is -1.10. The largest absolute Gasteiger partial charge is 0.497 e. The number of nitrogens with two attached hydrogens (primary N) is 1. The van der Waals surface area contributed by atoms with Crippen LogP contribution in [0.2, 0.25) is 0 Å². The lowest BCUT2D eigenvalue weighted by Gasteiger charge is -2.37. The van der Waals surface area contributed by atoms with Gasteiger partial charge in [0, 0.05) is 25.7 Å². The van der Waals surface area contributed by atoms with E-state index in [1.807, 2.05) is 6.07 Å². The Balaban J connectivity index is 2.12. The van der Waals surface area contributed by atoms with Crippen LogP contribution in [-0.4, -0.2) is 45.4 Å². The molecule has 1 aliphatic carbocycles. The van der Waals surface area contributed by atoms with E-state index in [-0.39, 0.29) is 6.04 Å². The van der Waals surface area contributed by atoms with Gasteiger partial charge in [0.05, 0.1) is 13.7 Å². The fourth-order valence-electron chi connectivity index (χ4n) is 2.84. The summed E-state index contributed by atoms with van der Waals surface area (Å²) in [6.45, 7) is 1.66. The molecule has 0 bridgehead atoms. The number of rotatable bonds is 5. The van der Waals surface area contributed by atoms with E-state index in [1.54, 1.807) is 14.2 Å². The molecule has 1 aliphatic rings. The van der Waals surface area contributed by atoms with Crippen molar-refractivity contribution in [3.63, 3.8) is 0 Å². The first kappa shape index (κ1) is 14.3. The molecule has 0 aromatic heterocycles. The fraction of sp³-hybridized carbons (Fsp3) is 0.600. The molecular formula is C15H24N2O2. The quantitative estimate of drug-likeness (QED) is 0.877. The summed E-state index contributed by atoms with van der Waals surface area (Å²) in [5, 5.41) is 0. The Kier molecular flexibility index (Phi) is 4.80. The summed E-state index contributed by atoms with van der Waals surface area (Å²) >= 11 is 0. The van der Waals surface area contributed by atoms with Crippen LogP contribution < -0.4 is 10.5 Å². The van der Waals surface area contributed by atoms with Crippen LogP contribution >= 0.6 is 0 Å². The van der Waals surface area contributed by atoms with E-state index in [0.29, 0.717) is 6.04 Å². The van der Waals surface area contributed by atoms with Crippen LogP contribution in [0.5, 0.6) is 5.75 Å². The van der Waals surface area contributed by atoms with Gasteiger partial charge in [-0.25, -0.2) is 0 Å². The molecule has 0 aliphatic heterocycles. The molecule has 4 heteroatoms. The van der Waals surface area contributed by atoms with Gasteiger partial charge in [-0.05, 0) is 43.1 Å². The number of aryl methyl sites for hydroxylation is 1. The zero-order valence-electron chi connectivity index (χ0n) is 12.1. The average molecular weight is 264 g/mol. The van der Waals surface area contributed by atoms with Crippen LogP contribution in [0.4, 0.5) is 0 Å². The Labute approximate surface area is 115 Å². The number of ether oxygens (including phenoxy) is 2. The van der Waals surface area contributed by atoms with Crippen molar-refractivity contribution in [2.45, 2.75) is 24.9 Å². The minimum absolute atomic E-state index is 0.0662. The Bertz CT molecular complexity index is 423. The molecular weight excluding hydrogens is 240 g/mol. The highest BCUT2D eigenvalue weighted by Gasteiger charge is 2.29. The molecule has 0 heterocycles. The number of fused-ring (bicyclic) bond motifs is 1. The van der Waals surface area contributed by atoms with Gasteiger partial charge < -0.3 is 15.2 Å². The van der Waals surface area contributed by atoms with E-state index >= 15 is 0 Å². The van der Waals surface area contributed by atoms with Crippen LogP contribution in [0.25, 0.3) is 0 Å². The van der Waals surface area contributed by atoms with Crippen molar-refractivity contribution >= 4 is 0 Å². The summed E-state index contributed by atoms with van der Waals surface area (Å²) < 4.78 is 10.4. The summed E-state index contributed by atoms with van der Waals surface area (Å²) in [6, 6.07) is 6.67. The molecule has 4 nitrogen and oxygen atoms in total. The molecule has 0 spiro atoms. The lowest BCUT2D eigenvalue weighted by atomic mass is 9.83. The number of hydrogen-bond donors (Lipinski definition) is 1. The summed E-state index contributed by atoms with van der Waals surface area (Å²) in [7, 11) is 5.56. The van der Waals surface area contributed by atoms with Gasteiger partial charge in [0.2, 0.25) is 0 Å². The lowest BCUT2D eigenvalue weighted by molar-refractivity contribution is 0.122. The first-order chi connectivity index (χ1) is 9.17. The van der Waals surface area contributed by atoms with E-state index in [4.69, 9.17) is 15.2 Å². The van der Waals surface area contributed by atoms with Gasteiger partial charge in [-0.15, -0.1) is 0 Å². The standard InChI is InChI=1S/C15H24N2O2/c1-17(8-9-18-2)14-7-4-11-10-12(19-3)5-6-13(11)15(14)16/h5-6,10,14-15H,4,7-9,16H2,1-3H3. The van der Waals surface area contributed by atoms with Gasteiger partial charge in [0.1, 0.15) is 5.75 Å². The van der Waals surface area contributed by atoms with Crippen molar-refractivity contribution in [3.05, 3.63) is 29.3 Å². The molecule has 1 aromatic rings. The van der Waals surface area contributed by atoms with Crippen LogP contribution in [-0.2, 0) is 11.2 Å². The predicted octanol–water partition coefficient (Wildman–Crippen LogP) is 1.59. The number of nitrogens with zero attached hydrogens (tertiary/aromatic N) is 1. The Morgan fingerprint density at radius 3 is 2.84 bits per heavy atom. The van der Waals surface area contributed by atoms with Gasteiger partial charge in [-0.2, -0.15) is 0 Å². The van der Waals surface area contributed by atoms with Crippen LogP contribution in [0.3, 0.4) is 0 Å². The summed E-state index contributed by atoms with van der Waals surface area (Å²) in [5.74, 6) is 0.914. The maximum atomic E-state index is 6.43. The first-order valence-electron chi connectivity index (χ1n) is 6.79. The molecule has 106 valence electrons. The average Bonchev–Trinajstić information content (AvgIpc) is 2.44. The van der Waals surface area contributed by atoms with Crippen LogP contribution in [0.1, 0.15) is 23.6 Å². The fourth-order valence-corrected chi connectivity index (χ4v) is 2.84. The van der Waals surface area contributed by atoms with Crippen molar-refractivity contribution in [2.75, 3.05) is 34.4 Å². The zero-order chi connectivity index (χ0) is 13.8. The van der Waals surface area contributed by atoms with Crippen LogP contribution in [0.15, 0.2) is 18.2 Å². The van der Waals surface area contributed by atoms with E-state index in [1.165, 1.54) is 11.1 Å². The van der Waals surface area contributed by atoms with Gasteiger partial charge in [-0.1, -0.05) is 6.07 Å². The minimum Gasteiger partial charge on any atom is -0.497 e. The lowest BCUT2D eigenvalue weighted by Crippen LogP contribution is -2.44. The molecule has 0 radical (unpaired) electrons. The maximum absolute atomic E-state index is 6.43. The summed E-state index contributed by atoms with van der Waals surface area (Å²) in [4.78, 5) is 2.31. The summed E-state index contributed by atoms with van der Waals surface area (Å²) in [6.07, 6.45) is 2.14. The normalized spacial score (nSPS) is 22.4. The topological polar surface area (TPSA) is 47.7 Å².